The third-order valence-corrected chi connectivity index (χ3v) is 4.87. The molecule has 3 heterocycles. The summed E-state index contributed by atoms with van der Waals surface area (Å²) in [6.45, 7) is 7.88. The van der Waals surface area contributed by atoms with Crippen molar-refractivity contribution in [2.24, 2.45) is 14.1 Å². The van der Waals surface area contributed by atoms with Gasteiger partial charge in [-0.3, -0.25) is 23.7 Å². The number of hydrogen-bond acceptors (Lipinski definition) is 7. The SMILES string of the molecule is Cc1noc([C@H](C)N2CCN(Cc3cc(=O)n(C)c(=O)n3C)CC2)n1. The molecule has 1 fully saturated rings. The molecule has 0 unspecified atom stereocenters. The highest BCUT2D eigenvalue weighted by atomic mass is 16.5. The summed E-state index contributed by atoms with van der Waals surface area (Å²) in [5.74, 6) is 1.28. The minimum absolute atomic E-state index is 0.0803. The Labute approximate surface area is 145 Å². The lowest BCUT2D eigenvalue weighted by Crippen LogP contribution is -2.47. The Hall–Kier alpha value is -2.26. The molecule has 0 N–H and O–H groups in total. The highest BCUT2D eigenvalue weighted by Gasteiger charge is 2.25. The van der Waals surface area contributed by atoms with Crippen LogP contribution < -0.4 is 11.2 Å². The van der Waals surface area contributed by atoms with Crippen LogP contribution in [0.3, 0.4) is 0 Å². The molecule has 1 aliphatic heterocycles. The molecule has 3 rings (SSSR count). The maximum absolute atomic E-state index is 12.0. The summed E-state index contributed by atoms with van der Waals surface area (Å²) >= 11 is 0. The van der Waals surface area contributed by atoms with Gasteiger partial charge >= 0.3 is 5.69 Å². The number of hydrogen-bond donors (Lipinski definition) is 0. The van der Waals surface area contributed by atoms with Crippen LogP contribution >= 0.6 is 0 Å². The Bertz CT molecular complexity index is 859. The fraction of sp³-hybridized carbons (Fsp3) is 0.625. The highest BCUT2D eigenvalue weighted by molar-refractivity contribution is 5.02. The molecule has 2 aromatic rings. The van der Waals surface area contributed by atoms with Crippen LogP contribution in [0.5, 0.6) is 0 Å². The average Bonchev–Trinajstić information content (AvgIpc) is 3.04. The van der Waals surface area contributed by atoms with Gasteiger partial charge in [-0.15, -0.1) is 0 Å². The zero-order chi connectivity index (χ0) is 18.1. The first-order valence-corrected chi connectivity index (χ1v) is 8.39. The minimum Gasteiger partial charge on any atom is -0.338 e. The van der Waals surface area contributed by atoms with E-state index in [0.29, 0.717) is 18.3 Å². The molecule has 0 radical (unpaired) electrons. The van der Waals surface area contributed by atoms with E-state index in [1.165, 1.54) is 17.7 Å². The van der Waals surface area contributed by atoms with E-state index in [4.69, 9.17) is 4.52 Å². The fourth-order valence-corrected chi connectivity index (χ4v) is 3.11. The first-order valence-electron chi connectivity index (χ1n) is 8.39. The first kappa shape index (κ1) is 17.6. The van der Waals surface area contributed by atoms with E-state index in [9.17, 15) is 9.59 Å². The molecule has 1 saturated heterocycles. The molecular formula is C16H24N6O3. The molecule has 9 nitrogen and oxygen atoms in total. The predicted octanol–water partition coefficient (Wildman–Crippen LogP) is -0.346. The van der Waals surface area contributed by atoms with Gasteiger partial charge in [-0.2, -0.15) is 4.98 Å². The smallest absolute Gasteiger partial charge is 0.330 e. The summed E-state index contributed by atoms with van der Waals surface area (Å²) in [7, 11) is 3.20. The van der Waals surface area contributed by atoms with E-state index in [1.807, 2.05) is 6.92 Å². The minimum atomic E-state index is -0.290. The Morgan fingerprint density at radius 1 is 1.16 bits per heavy atom. The topological polar surface area (TPSA) is 89.4 Å². The van der Waals surface area contributed by atoms with Crippen LogP contribution in [-0.4, -0.2) is 55.3 Å². The van der Waals surface area contributed by atoms with Crippen molar-refractivity contribution in [2.75, 3.05) is 26.2 Å². The van der Waals surface area contributed by atoms with Crippen molar-refractivity contribution < 1.29 is 4.52 Å². The molecular weight excluding hydrogens is 324 g/mol. The van der Waals surface area contributed by atoms with E-state index < -0.39 is 0 Å². The van der Waals surface area contributed by atoms with Crippen molar-refractivity contribution in [1.29, 1.82) is 0 Å². The van der Waals surface area contributed by atoms with Gasteiger partial charge in [0.05, 0.1) is 6.04 Å². The number of aromatic nitrogens is 4. The molecule has 1 aliphatic rings. The highest BCUT2D eigenvalue weighted by Crippen LogP contribution is 2.20. The standard InChI is InChI=1S/C16H24N6O3/c1-11(15-17-12(2)18-25-15)22-7-5-21(6-8-22)10-13-9-14(23)20(4)16(24)19(13)3/h9,11H,5-8,10H2,1-4H3/t11-/m0/s1. The lowest BCUT2D eigenvalue weighted by molar-refractivity contribution is 0.0831. The van der Waals surface area contributed by atoms with Gasteiger partial charge in [-0.1, -0.05) is 5.16 Å². The van der Waals surface area contributed by atoms with Crippen LogP contribution in [0.2, 0.25) is 0 Å². The van der Waals surface area contributed by atoms with Crippen molar-refractivity contribution in [2.45, 2.75) is 26.4 Å². The van der Waals surface area contributed by atoms with Gasteiger partial charge in [0.15, 0.2) is 5.82 Å². The van der Waals surface area contributed by atoms with Gasteiger partial charge in [0.1, 0.15) is 0 Å². The van der Waals surface area contributed by atoms with E-state index in [2.05, 4.69) is 26.9 Å². The van der Waals surface area contributed by atoms with Crippen molar-refractivity contribution >= 4 is 0 Å². The zero-order valence-corrected chi connectivity index (χ0v) is 15.1. The van der Waals surface area contributed by atoms with Gasteiger partial charge in [0, 0.05) is 58.6 Å². The van der Waals surface area contributed by atoms with Crippen molar-refractivity contribution in [3.63, 3.8) is 0 Å². The summed E-state index contributed by atoms with van der Waals surface area (Å²) in [4.78, 5) is 32.7. The second-order valence-corrected chi connectivity index (χ2v) is 6.54. The van der Waals surface area contributed by atoms with E-state index in [1.54, 1.807) is 7.05 Å². The molecule has 1 atom stereocenters. The largest absolute Gasteiger partial charge is 0.338 e. The summed E-state index contributed by atoms with van der Waals surface area (Å²) < 4.78 is 7.92. The monoisotopic (exact) mass is 348 g/mol. The summed E-state index contributed by atoms with van der Waals surface area (Å²) in [5.41, 5.74) is 0.181. The van der Waals surface area contributed by atoms with Gasteiger partial charge in [-0.25, -0.2) is 4.79 Å². The van der Waals surface area contributed by atoms with Crippen LogP contribution in [0, 0.1) is 6.92 Å². The average molecular weight is 348 g/mol. The quantitative estimate of drug-likeness (QED) is 0.746. The van der Waals surface area contributed by atoms with Crippen molar-refractivity contribution in [3.8, 4) is 0 Å². The van der Waals surface area contributed by atoms with E-state index in [0.717, 1.165) is 36.4 Å². The molecule has 0 saturated carbocycles. The molecule has 0 spiro atoms. The second-order valence-electron chi connectivity index (χ2n) is 6.54. The Kier molecular flexibility index (Phi) is 4.87. The van der Waals surface area contributed by atoms with Crippen LogP contribution in [0.25, 0.3) is 0 Å². The Balaban J connectivity index is 1.63. The van der Waals surface area contributed by atoms with Crippen LogP contribution in [0.1, 0.15) is 30.4 Å². The van der Waals surface area contributed by atoms with Crippen LogP contribution in [0.4, 0.5) is 0 Å². The summed E-state index contributed by atoms with van der Waals surface area (Å²) in [6.07, 6.45) is 0. The van der Waals surface area contributed by atoms with E-state index in [-0.39, 0.29) is 17.3 Å². The molecule has 136 valence electrons. The maximum atomic E-state index is 12.0. The fourth-order valence-electron chi connectivity index (χ4n) is 3.11. The van der Waals surface area contributed by atoms with Gasteiger partial charge in [-0.05, 0) is 13.8 Å². The van der Waals surface area contributed by atoms with Crippen LogP contribution in [-0.2, 0) is 20.6 Å². The Morgan fingerprint density at radius 2 is 1.84 bits per heavy atom. The number of rotatable bonds is 4. The number of piperazine rings is 1. The molecule has 0 aromatic carbocycles. The first-order chi connectivity index (χ1) is 11.9. The molecule has 0 amide bonds. The van der Waals surface area contributed by atoms with Gasteiger partial charge in [0.2, 0.25) is 5.89 Å². The summed E-state index contributed by atoms with van der Waals surface area (Å²) in [5, 5.41) is 3.85. The number of aryl methyl sites for hydroxylation is 1. The summed E-state index contributed by atoms with van der Waals surface area (Å²) in [6, 6.07) is 1.62. The number of nitrogens with zero attached hydrogens (tertiary/aromatic N) is 6. The zero-order valence-electron chi connectivity index (χ0n) is 15.1. The second kappa shape index (κ2) is 6.93. The van der Waals surface area contributed by atoms with Crippen molar-refractivity contribution in [1.82, 2.24) is 29.1 Å². The lowest BCUT2D eigenvalue weighted by Gasteiger charge is -2.36. The Morgan fingerprint density at radius 3 is 2.44 bits per heavy atom. The normalized spacial score (nSPS) is 17.8. The van der Waals surface area contributed by atoms with Crippen LogP contribution in [0.15, 0.2) is 20.2 Å². The molecule has 0 aliphatic carbocycles. The van der Waals surface area contributed by atoms with Crippen molar-refractivity contribution in [3.05, 3.63) is 44.3 Å². The van der Waals surface area contributed by atoms with Gasteiger partial charge in [0.25, 0.3) is 5.56 Å². The molecule has 0 bridgehead atoms. The van der Waals surface area contributed by atoms with E-state index >= 15 is 0 Å². The molecule has 2 aromatic heterocycles. The third kappa shape index (κ3) is 3.57. The molecule has 25 heavy (non-hydrogen) atoms. The maximum Gasteiger partial charge on any atom is 0.330 e. The molecule has 9 heteroatoms. The predicted molar refractivity (Wildman–Crippen MR) is 91.2 cm³/mol. The van der Waals surface area contributed by atoms with Gasteiger partial charge < -0.3 is 4.52 Å². The third-order valence-electron chi connectivity index (χ3n) is 4.87. The lowest BCUT2D eigenvalue weighted by atomic mass is 10.2.